The first kappa shape index (κ1) is 19.4. The minimum atomic E-state index is -0.115. The van der Waals surface area contributed by atoms with Crippen molar-refractivity contribution in [3.63, 3.8) is 0 Å². The molecule has 1 atom stereocenters. The highest BCUT2D eigenvalue weighted by Gasteiger charge is 2.26. The van der Waals surface area contributed by atoms with E-state index >= 15 is 0 Å². The molecule has 7 nitrogen and oxygen atoms in total. The van der Waals surface area contributed by atoms with E-state index in [9.17, 15) is 4.79 Å². The van der Waals surface area contributed by atoms with Crippen molar-refractivity contribution in [2.75, 3.05) is 31.1 Å². The predicted molar refractivity (Wildman–Crippen MR) is 121 cm³/mol. The Bertz CT molecular complexity index is 1200. The minimum absolute atomic E-state index is 0.115. The first-order valence-corrected chi connectivity index (χ1v) is 10.7. The number of hydrogen-bond donors (Lipinski definition) is 0. The Labute approximate surface area is 181 Å². The molecule has 1 aliphatic heterocycles. The molecular weight excluding hydrogens is 388 g/mol. The van der Waals surface area contributed by atoms with E-state index < -0.39 is 0 Å². The van der Waals surface area contributed by atoms with Crippen LogP contribution in [0.3, 0.4) is 0 Å². The van der Waals surface area contributed by atoms with Crippen molar-refractivity contribution in [2.45, 2.75) is 12.8 Å². The number of fused-ring (bicyclic) bond motifs is 1. The zero-order valence-electron chi connectivity index (χ0n) is 17.8. The van der Waals surface area contributed by atoms with Gasteiger partial charge in [0.05, 0.1) is 29.5 Å². The summed E-state index contributed by atoms with van der Waals surface area (Å²) < 4.78 is 3.72. The first-order chi connectivity index (χ1) is 15.1. The van der Waals surface area contributed by atoms with Gasteiger partial charge in [-0.1, -0.05) is 36.4 Å². The fraction of sp³-hybridized carbons (Fsp3) is 0.292. The van der Waals surface area contributed by atoms with Gasteiger partial charge in [0.2, 0.25) is 5.91 Å². The van der Waals surface area contributed by atoms with Crippen LogP contribution in [0.15, 0.2) is 67.3 Å². The topological polar surface area (TPSA) is 58.7 Å². The lowest BCUT2D eigenvalue weighted by Gasteiger charge is -2.36. The Hall–Kier alpha value is -3.61. The lowest BCUT2D eigenvalue weighted by atomic mass is 9.99. The molecular formula is C24H26N6O. The molecule has 0 unspecified atom stereocenters. The average molecular weight is 415 g/mol. The van der Waals surface area contributed by atoms with E-state index in [1.165, 1.54) is 0 Å². The van der Waals surface area contributed by atoms with Gasteiger partial charge in [0.15, 0.2) is 0 Å². The maximum absolute atomic E-state index is 13.0. The van der Waals surface area contributed by atoms with Gasteiger partial charge < -0.3 is 9.80 Å². The highest BCUT2D eigenvalue weighted by Crippen LogP contribution is 2.27. The number of amides is 1. The molecule has 3 aromatic heterocycles. The summed E-state index contributed by atoms with van der Waals surface area (Å²) in [5, 5.41) is 8.83. The van der Waals surface area contributed by atoms with Crippen molar-refractivity contribution in [2.24, 2.45) is 7.05 Å². The largest absolute Gasteiger partial charge is 0.365 e. The smallest absolute Gasteiger partial charge is 0.229 e. The lowest BCUT2D eigenvalue weighted by molar-refractivity contribution is -0.132. The maximum atomic E-state index is 13.0. The number of piperazine rings is 1. The highest BCUT2D eigenvalue weighted by atomic mass is 16.2. The van der Waals surface area contributed by atoms with Crippen LogP contribution in [0, 0.1) is 0 Å². The third-order valence-electron chi connectivity index (χ3n) is 6.14. The lowest BCUT2D eigenvalue weighted by Crippen LogP contribution is -2.49. The summed E-state index contributed by atoms with van der Waals surface area (Å²) >= 11 is 0. The monoisotopic (exact) mass is 414 g/mol. The van der Waals surface area contributed by atoms with E-state index in [2.05, 4.69) is 27.2 Å². The zero-order chi connectivity index (χ0) is 21.4. The number of aryl methyl sites for hydroxylation is 1. The summed E-state index contributed by atoms with van der Waals surface area (Å²) in [6.07, 6.45) is 7.82. The molecule has 1 aromatic carbocycles. The van der Waals surface area contributed by atoms with Crippen molar-refractivity contribution < 1.29 is 4.79 Å². The van der Waals surface area contributed by atoms with Crippen molar-refractivity contribution in [3.8, 4) is 11.1 Å². The van der Waals surface area contributed by atoms with Gasteiger partial charge in [-0.2, -0.15) is 10.2 Å². The van der Waals surface area contributed by atoms with Crippen LogP contribution in [0.5, 0.6) is 0 Å². The van der Waals surface area contributed by atoms with E-state index in [1.54, 1.807) is 4.68 Å². The summed E-state index contributed by atoms with van der Waals surface area (Å²) in [4.78, 5) is 17.3. The second-order valence-electron chi connectivity index (χ2n) is 8.12. The van der Waals surface area contributed by atoms with Gasteiger partial charge in [-0.05, 0) is 18.6 Å². The van der Waals surface area contributed by atoms with Gasteiger partial charge in [-0.25, -0.2) is 4.52 Å². The number of benzene rings is 1. The fourth-order valence-electron chi connectivity index (χ4n) is 4.28. The standard InChI is InChI=1S/C24H26N6O/c1-18(19-6-4-3-5-7-19)24(31)29-12-10-28(11-13-29)23-15-26-30-17-20(8-9-22(23)30)21-14-25-27(2)16-21/h3-9,14-18H,10-13H2,1-2H3/t18-/m0/s1. The Morgan fingerprint density at radius 2 is 1.68 bits per heavy atom. The molecule has 158 valence electrons. The summed E-state index contributed by atoms with van der Waals surface area (Å²) in [6.45, 7) is 5.05. The quantitative estimate of drug-likeness (QED) is 0.515. The molecule has 0 aliphatic carbocycles. The first-order valence-electron chi connectivity index (χ1n) is 10.7. The van der Waals surface area contributed by atoms with Crippen LogP contribution < -0.4 is 4.90 Å². The van der Waals surface area contributed by atoms with E-state index in [0.29, 0.717) is 0 Å². The molecule has 0 spiro atoms. The minimum Gasteiger partial charge on any atom is -0.365 e. The van der Waals surface area contributed by atoms with E-state index in [1.807, 2.05) is 78.5 Å². The molecule has 7 heteroatoms. The zero-order valence-corrected chi connectivity index (χ0v) is 17.8. The summed E-state index contributed by atoms with van der Waals surface area (Å²) in [5.41, 5.74) is 5.41. The number of carbonyl (C=O) groups excluding carboxylic acids is 1. The number of anilines is 1. The molecule has 4 aromatic rings. The van der Waals surface area contributed by atoms with Gasteiger partial charge in [0.1, 0.15) is 0 Å². The Kier molecular flexibility index (Phi) is 4.94. The van der Waals surface area contributed by atoms with Crippen LogP contribution in [0.1, 0.15) is 18.4 Å². The van der Waals surface area contributed by atoms with E-state index in [4.69, 9.17) is 0 Å². The Morgan fingerprint density at radius 3 is 2.39 bits per heavy atom. The van der Waals surface area contributed by atoms with Crippen molar-refractivity contribution in [3.05, 3.63) is 72.8 Å². The number of hydrogen-bond acceptors (Lipinski definition) is 4. The molecule has 0 radical (unpaired) electrons. The molecule has 0 N–H and O–H groups in total. The SMILES string of the molecule is C[C@H](C(=O)N1CCN(c2cnn3cc(-c4cnn(C)c4)ccc23)CC1)c1ccccc1. The maximum Gasteiger partial charge on any atom is 0.229 e. The number of rotatable bonds is 4. The van der Waals surface area contributed by atoms with Crippen LogP contribution in [0.4, 0.5) is 5.69 Å². The highest BCUT2D eigenvalue weighted by molar-refractivity contribution is 5.84. The average Bonchev–Trinajstić information content (AvgIpc) is 3.44. The Morgan fingerprint density at radius 1 is 0.903 bits per heavy atom. The van der Waals surface area contributed by atoms with E-state index in [-0.39, 0.29) is 11.8 Å². The van der Waals surface area contributed by atoms with Crippen molar-refractivity contribution in [1.82, 2.24) is 24.3 Å². The number of carbonyl (C=O) groups is 1. The number of aromatic nitrogens is 4. The van der Waals surface area contributed by atoms with Crippen LogP contribution in [0.25, 0.3) is 16.6 Å². The molecule has 4 heterocycles. The van der Waals surface area contributed by atoms with Crippen LogP contribution >= 0.6 is 0 Å². The molecule has 5 rings (SSSR count). The van der Waals surface area contributed by atoms with Gasteiger partial charge in [0, 0.05) is 56.7 Å². The molecule has 1 fully saturated rings. The fourth-order valence-corrected chi connectivity index (χ4v) is 4.28. The molecule has 0 bridgehead atoms. The Balaban J connectivity index is 1.29. The molecule has 0 saturated carbocycles. The second-order valence-corrected chi connectivity index (χ2v) is 8.12. The molecule has 31 heavy (non-hydrogen) atoms. The van der Waals surface area contributed by atoms with Gasteiger partial charge in [-0.15, -0.1) is 0 Å². The second kappa shape index (κ2) is 7.91. The third-order valence-corrected chi connectivity index (χ3v) is 6.14. The van der Waals surface area contributed by atoms with Crippen molar-refractivity contribution in [1.29, 1.82) is 0 Å². The van der Waals surface area contributed by atoms with Crippen LogP contribution in [-0.4, -0.2) is 56.4 Å². The van der Waals surface area contributed by atoms with Crippen LogP contribution in [0.2, 0.25) is 0 Å². The van der Waals surface area contributed by atoms with Crippen molar-refractivity contribution >= 4 is 17.1 Å². The van der Waals surface area contributed by atoms with Gasteiger partial charge >= 0.3 is 0 Å². The molecule has 1 aliphatic rings. The molecule has 1 saturated heterocycles. The van der Waals surface area contributed by atoms with Crippen LogP contribution in [-0.2, 0) is 11.8 Å². The summed E-state index contributed by atoms with van der Waals surface area (Å²) in [5.74, 6) is 0.0856. The van der Waals surface area contributed by atoms with Gasteiger partial charge in [-0.3, -0.25) is 9.48 Å². The van der Waals surface area contributed by atoms with Gasteiger partial charge in [0.25, 0.3) is 0 Å². The summed E-state index contributed by atoms with van der Waals surface area (Å²) in [7, 11) is 1.92. The number of pyridine rings is 1. The normalized spacial score (nSPS) is 15.4. The summed E-state index contributed by atoms with van der Waals surface area (Å²) in [6, 6.07) is 14.2. The van der Waals surface area contributed by atoms with E-state index in [0.717, 1.165) is 54.1 Å². The molecule has 1 amide bonds. The number of nitrogens with zero attached hydrogens (tertiary/aromatic N) is 6. The predicted octanol–water partition coefficient (Wildman–Crippen LogP) is 3.19. The third kappa shape index (κ3) is 3.67.